The van der Waals surface area contributed by atoms with Crippen LogP contribution in [0.4, 0.5) is 0 Å². The molecule has 2 heterocycles. The predicted molar refractivity (Wildman–Crippen MR) is 101 cm³/mol. The Morgan fingerprint density at radius 1 is 1.36 bits per heavy atom. The van der Waals surface area contributed by atoms with Gasteiger partial charge in [0.05, 0.1) is 27.3 Å². The van der Waals surface area contributed by atoms with Gasteiger partial charge < -0.3 is 5.32 Å². The summed E-state index contributed by atoms with van der Waals surface area (Å²) in [5.74, 6) is -0.447. The molecule has 126 valence electrons. The van der Waals surface area contributed by atoms with Crippen LogP contribution >= 0.6 is 34.7 Å². The van der Waals surface area contributed by atoms with Gasteiger partial charge in [-0.05, 0) is 23.1 Å². The van der Waals surface area contributed by atoms with Crippen molar-refractivity contribution in [3.05, 3.63) is 67.8 Å². The molecule has 0 fully saturated rings. The standard InChI is InChI=1S/C18H13ClN2O2S2/c19-14-5-2-1-4-11(14)12-8-17(23)21-18(13(12)9-20)25-10-15(22)16-6-3-7-24-16/h1-7,12H,8,10H2,(H,21,23)/t12-/m1/s1. The van der Waals surface area contributed by atoms with Crippen LogP contribution in [-0.4, -0.2) is 17.4 Å². The molecule has 1 atom stereocenters. The number of nitrogens with one attached hydrogen (secondary N) is 1. The van der Waals surface area contributed by atoms with E-state index in [2.05, 4.69) is 11.4 Å². The Morgan fingerprint density at radius 3 is 2.84 bits per heavy atom. The molecule has 3 rings (SSSR count). The van der Waals surface area contributed by atoms with E-state index in [1.165, 1.54) is 23.1 Å². The lowest BCUT2D eigenvalue weighted by Crippen LogP contribution is -2.31. The third-order valence-corrected chi connectivity index (χ3v) is 6.05. The van der Waals surface area contributed by atoms with Crippen molar-refractivity contribution in [3.8, 4) is 6.07 Å². The molecule has 4 nitrogen and oxygen atoms in total. The maximum atomic E-state index is 12.2. The molecule has 7 heteroatoms. The van der Waals surface area contributed by atoms with Gasteiger partial charge in [0.15, 0.2) is 5.78 Å². The van der Waals surface area contributed by atoms with Crippen LogP contribution in [0.5, 0.6) is 0 Å². The fourth-order valence-corrected chi connectivity index (χ4v) is 4.59. The van der Waals surface area contributed by atoms with E-state index in [-0.39, 0.29) is 23.9 Å². The van der Waals surface area contributed by atoms with Crippen LogP contribution in [0.3, 0.4) is 0 Å². The fourth-order valence-electron chi connectivity index (χ4n) is 2.60. The number of carbonyl (C=O) groups excluding carboxylic acids is 2. The minimum absolute atomic E-state index is 0.0288. The summed E-state index contributed by atoms with van der Waals surface area (Å²) in [7, 11) is 0. The molecule has 1 N–H and O–H groups in total. The van der Waals surface area contributed by atoms with Crippen LogP contribution in [-0.2, 0) is 4.79 Å². The summed E-state index contributed by atoms with van der Waals surface area (Å²) in [4.78, 5) is 25.0. The highest BCUT2D eigenvalue weighted by Crippen LogP contribution is 2.38. The molecular formula is C18H13ClN2O2S2. The quantitative estimate of drug-likeness (QED) is 0.772. The Kier molecular flexibility index (Phi) is 5.59. The summed E-state index contributed by atoms with van der Waals surface area (Å²) in [6.45, 7) is 0. The van der Waals surface area contributed by atoms with Gasteiger partial charge in [0.25, 0.3) is 0 Å². The molecule has 0 saturated heterocycles. The first-order chi connectivity index (χ1) is 12.1. The predicted octanol–water partition coefficient (Wildman–Crippen LogP) is 4.36. The molecular weight excluding hydrogens is 376 g/mol. The number of allylic oxidation sites excluding steroid dienone is 1. The largest absolute Gasteiger partial charge is 0.320 e. The van der Waals surface area contributed by atoms with Gasteiger partial charge in [0, 0.05) is 17.4 Å². The third kappa shape index (κ3) is 3.96. The first kappa shape index (κ1) is 17.7. The van der Waals surface area contributed by atoms with E-state index in [1.54, 1.807) is 18.2 Å². The lowest BCUT2D eigenvalue weighted by molar-refractivity contribution is -0.120. The van der Waals surface area contributed by atoms with Gasteiger partial charge >= 0.3 is 0 Å². The van der Waals surface area contributed by atoms with Gasteiger partial charge in [-0.1, -0.05) is 47.6 Å². The first-order valence-corrected chi connectivity index (χ1v) is 9.72. The number of rotatable bonds is 5. The Labute approximate surface area is 158 Å². The number of amides is 1. The molecule has 1 aromatic carbocycles. The highest BCUT2D eigenvalue weighted by molar-refractivity contribution is 8.03. The number of nitrogens with zero attached hydrogens (tertiary/aromatic N) is 1. The van der Waals surface area contributed by atoms with Crippen LogP contribution in [0.2, 0.25) is 5.02 Å². The summed E-state index contributed by atoms with van der Waals surface area (Å²) in [6.07, 6.45) is 0.162. The summed E-state index contributed by atoms with van der Waals surface area (Å²) >= 11 is 8.81. The zero-order chi connectivity index (χ0) is 17.8. The number of hydrogen-bond donors (Lipinski definition) is 1. The number of halogens is 1. The summed E-state index contributed by atoms with van der Waals surface area (Å²) < 4.78 is 0. The second kappa shape index (κ2) is 7.87. The summed E-state index contributed by atoms with van der Waals surface area (Å²) in [5, 5.41) is 15.1. The van der Waals surface area contributed by atoms with Gasteiger partial charge in [-0.25, -0.2) is 0 Å². The zero-order valence-electron chi connectivity index (χ0n) is 13.0. The molecule has 0 aliphatic carbocycles. The van der Waals surface area contributed by atoms with Crippen molar-refractivity contribution in [2.75, 3.05) is 5.75 Å². The highest BCUT2D eigenvalue weighted by Gasteiger charge is 2.31. The second-order valence-electron chi connectivity index (χ2n) is 5.37. The molecule has 0 bridgehead atoms. The average molecular weight is 389 g/mol. The Balaban J connectivity index is 1.87. The summed E-state index contributed by atoms with van der Waals surface area (Å²) in [5.41, 5.74) is 1.19. The Bertz CT molecular complexity index is 885. The first-order valence-electron chi connectivity index (χ1n) is 7.48. The van der Waals surface area contributed by atoms with Gasteiger partial charge in [0.2, 0.25) is 5.91 Å². The van der Waals surface area contributed by atoms with Crippen molar-refractivity contribution < 1.29 is 9.59 Å². The van der Waals surface area contributed by atoms with Crippen LogP contribution in [0, 0.1) is 11.3 Å². The number of thiophene rings is 1. The van der Waals surface area contributed by atoms with Crippen molar-refractivity contribution in [3.63, 3.8) is 0 Å². The summed E-state index contributed by atoms with van der Waals surface area (Å²) in [6, 6.07) is 13.0. The smallest absolute Gasteiger partial charge is 0.225 e. The number of hydrogen-bond acceptors (Lipinski definition) is 5. The van der Waals surface area contributed by atoms with Crippen molar-refractivity contribution >= 4 is 46.4 Å². The fraction of sp³-hybridized carbons (Fsp3) is 0.167. The number of nitriles is 1. The van der Waals surface area contributed by atoms with Gasteiger partial charge in [-0.3, -0.25) is 9.59 Å². The monoisotopic (exact) mass is 388 g/mol. The SMILES string of the molecule is N#CC1=C(SCC(=O)c2cccs2)NC(=O)C[C@@H]1c1ccccc1Cl. The maximum absolute atomic E-state index is 12.2. The lowest BCUT2D eigenvalue weighted by atomic mass is 9.87. The molecule has 1 aromatic heterocycles. The average Bonchev–Trinajstić information content (AvgIpc) is 3.14. The molecule has 0 unspecified atom stereocenters. The van der Waals surface area contributed by atoms with E-state index in [4.69, 9.17) is 11.6 Å². The van der Waals surface area contributed by atoms with Crippen LogP contribution < -0.4 is 5.32 Å². The topological polar surface area (TPSA) is 70.0 Å². The lowest BCUT2D eigenvalue weighted by Gasteiger charge is -2.25. The highest BCUT2D eigenvalue weighted by atomic mass is 35.5. The number of carbonyl (C=O) groups is 2. The van der Waals surface area contributed by atoms with Crippen molar-refractivity contribution in [2.45, 2.75) is 12.3 Å². The van der Waals surface area contributed by atoms with Crippen molar-refractivity contribution in [2.24, 2.45) is 0 Å². The van der Waals surface area contributed by atoms with E-state index in [1.807, 2.05) is 23.6 Å². The second-order valence-corrected chi connectivity index (χ2v) is 7.71. The molecule has 25 heavy (non-hydrogen) atoms. The Hall–Kier alpha value is -2.07. The molecule has 2 aromatic rings. The van der Waals surface area contributed by atoms with E-state index in [0.717, 1.165) is 5.56 Å². The molecule has 0 spiro atoms. The van der Waals surface area contributed by atoms with Crippen LogP contribution in [0.25, 0.3) is 0 Å². The minimum atomic E-state index is -0.396. The molecule has 1 aliphatic heterocycles. The van der Waals surface area contributed by atoms with Crippen LogP contribution in [0.15, 0.2) is 52.4 Å². The third-order valence-electron chi connectivity index (χ3n) is 3.78. The minimum Gasteiger partial charge on any atom is -0.320 e. The normalized spacial score (nSPS) is 17.1. The molecule has 0 saturated carbocycles. The van der Waals surface area contributed by atoms with E-state index in [0.29, 0.717) is 20.5 Å². The van der Waals surface area contributed by atoms with Crippen LogP contribution in [0.1, 0.15) is 27.6 Å². The number of benzene rings is 1. The molecule has 1 aliphatic rings. The maximum Gasteiger partial charge on any atom is 0.225 e. The molecule has 0 radical (unpaired) electrons. The van der Waals surface area contributed by atoms with E-state index < -0.39 is 5.92 Å². The van der Waals surface area contributed by atoms with Gasteiger partial charge in [-0.2, -0.15) is 5.26 Å². The van der Waals surface area contributed by atoms with Gasteiger partial charge in [-0.15, -0.1) is 11.3 Å². The number of Topliss-reactive ketones (excluding diaryl/α,β-unsaturated/α-hetero) is 1. The van der Waals surface area contributed by atoms with Crippen molar-refractivity contribution in [1.29, 1.82) is 5.26 Å². The van der Waals surface area contributed by atoms with E-state index in [9.17, 15) is 14.9 Å². The van der Waals surface area contributed by atoms with E-state index >= 15 is 0 Å². The number of ketones is 1. The number of thioether (sulfide) groups is 1. The molecule has 1 amide bonds. The van der Waals surface area contributed by atoms with Crippen molar-refractivity contribution in [1.82, 2.24) is 5.32 Å². The zero-order valence-corrected chi connectivity index (χ0v) is 15.4. The van der Waals surface area contributed by atoms with Gasteiger partial charge in [0.1, 0.15) is 0 Å². The Morgan fingerprint density at radius 2 is 2.16 bits per heavy atom.